The summed E-state index contributed by atoms with van der Waals surface area (Å²) in [6.45, 7) is 0. The Morgan fingerprint density at radius 3 is 3.08 bits per heavy atom. The molecule has 64 valence electrons. The minimum atomic E-state index is -0.622. The van der Waals surface area contributed by atoms with Crippen molar-refractivity contribution in [3.8, 4) is 0 Å². The van der Waals surface area contributed by atoms with Gasteiger partial charge in [-0.05, 0) is 6.07 Å². The van der Waals surface area contributed by atoms with Crippen LogP contribution in [0.2, 0.25) is 0 Å². The highest BCUT2D eigenvalue weighted by atomic mass is 19.1. The highest BCUT2D eigenvalue weighted by molar-refractivity contribution is 5.72. The number of pyridine rings is 1. The standard InChI is InChI=1S/C8H8FNO2/c1-12-7(11)5-6-3-2-4-10-8(6)9/h2-4H,5H2,1H3. The Morgan fingerprint density at radius 1 is 1.75 bits per heavy atom. The molecule has 1 heterocycles. The zero-order valence-corrected chi connectivity index (χ0v) is 6.58. The van der Waals surface area contributed by atoms with Crippen molar-refractivity contribution in [3.05, 3.63) is 29.8 Å². The van der Waals surface area contributed by atoms with Crippen LogP contribution in [0.4, 0.5) is 4.39 Å². The Morgan fingerprint density at radius 2 is 2.50 bits per heavy atom. The summed E-state index contributed by atoms with van der Waals surface area (Å²) in [6.07, 6.45) is 1.26. The summed E-state index contributed by atoms with van der Waals surface area (Å²) < 4.78 is 17.1. The SMILES string of the molecule is COC(=O)Cc1cccnc1F. The maximum Gasteiger partial charge on any atom is 0.310 e. The molecule has 0 saturated heterocycles. The molecule has 4 heteroatoms. The molecular weight excluding hydrogens is 161 g/mol. The first-order valence-electron chi connectivity index (χ1n) is 3.40. The molecule has 0 unspecified atom stereocenters. The van der Waals surface area contributed by atoms with Crippen molar-refractivity contribution in [2.45, 2.75) is 6.42 Å². The topological polar surface area (TPSA) is 39.2 Å². The maximum absolute atomic E-state index is 12.8. The highest BCUT2D eigenvalue weighted by Gasteiger charge is 2.07. The molecule has 0 N–H and O–H groups in total. The monoisotopic (exact) mass is 169 g/mol. The molecule has 0 aliphatic carbocycles. The van der Waals surface area contributed by atoms with E-state index in [1.807, 2.05) is 0 Å². The van der Waals surface area contributed by atoms with Crippen LogP contribution in [0, 0.1) is 5.95 Å². The van der Waals surface area contributed by atoms with Crippen molar-refractivity contribution in [3.63, 3.8) is 0 Å². The van der Waals surface area contributed by atoms with Crippen LogP contribution in [0.15, 0.2) is 18.3 Å². The molecule has 0 spiro atoms. The van der Waals surface area contributed by atoms with Crippen molar-refractivity contribution in [2.75, 3.05) is 7.11 Å². The molecule has 0 atom stereocenters. The molecule has 0 saturated carbocycles. The van der Waals surface area contributed by atoms with Gasteiger partial charge in [0.25, 0.3) is 0 Å². The predicted molar refractivity (Wildman–Crippen MR) is 39.9 cm³/mol. The Kier molecular flexibility index (Phi) is 2.74. The van der Waals surface area contributed by atoms with E-state index in [2.05, 4.69) is 9.72 Å². The van der Waals surface area contributed by atoms with Crippen LogP contribution < -0.4 is 0 Å². The third-order valence-corrected chi connectivity index (χ3v) is 1.40. The molecule has 0 bridgehead atoms. The minimum absolute atomic E-state index is 0.0732. The number of methoxy groups -OCH3 is 1. The van der Waals surface area contributed by atoms with Crippen LogP contribution >= 0.6 is 0 Å². The fourth-order valence-corrected chi connectivity index (χ4v) is 0.779. The molecule has 0 amide bonds. The summed E-state index contributed by atoms with van der Waals surface area (Å²) >= 11 is 0. The van der Waals surface area contributed by atoms with Gasteiger partial charge in [0, 0.05) is 11.8 Å². The molecule has 0 fully saturated rings. The Bertz CT molecular complexity index is 288. The lowest BCUT2D eigenvalue weighted by molar-refractivity contribution is -0.139. The largest absolute Gasteiger partial charge is 0.469 e. The van der Waals surface area contributed by atoms with Gasteiger partial charge in [0.2, 0.25) is 5.95 Å². The summed E-state index contributed by atoms with van der Waals surface area (Å²) in [7, 11) is 1.26. The fraction of sp³-hybridized carbons (Fsp3) is 0.250. The van der Waals surface area contributed by atoms with Gasteiger partial charge in [-0.15, -0.1) is 0 Å². The lowest BCUT2D eigenvalue weighted by Gasteiger charge is -1.99. The quantitative estimate of drug-likeness (QED) is 0.488. The number of carbonyl (C=O) groups is 1. The molecular formula is C8H8FNO2. The first-order valence-corrected chi connectivity index (χ1v) is 3.40. The number of esters is 1. The van der Waals surface area contributed by atoms with Crippen LogP contribution in [0.1, 0.15) is 5.56 Å². The van der Waals surface area contributed by atoms with Gasteiger partial charge in [0.15, 0.2) is 0 Å². The Labute approximate surface area is 69.2 Å². The summed E-state index contributed by atoms with van der Waals surface area (Å²) in [5.74, 6) is -1.09. The van der Waals surface area contributed by atoms with Crippen molar-refractivity contribution in [1.82, 2.24) is 4.98 Å². The number of carbonyl (C=O) groups excluding carboxylic acids is 1. The van der Waals surface area contributed by atoms with E-state index >= 15 is 0 Å². The third kappa shape index (κ3) is 2.02. The number of rotatable bonds is 2. The molecule has 0 aliphatic heterocycles. The molecule has 1 aromatic heterocycles. The number of ether oxygens (including phenoxy) is 1. The van der Waals surface area contributed by atoms with E-state index in [1.54, 1.807) is 6.07 Å². The number of halogens is 1. The molecule has 12 heavy (non-hydrogen) atoms. The lowest BCUT2D eigenvalue weighted by Crippen LogP contribution is -2.06. The minimum Gasteiger partial charge on any atom is -0.469 e. The number of hydrogen-bond donors (Lipinski definition) is 0. The zero-order chi connectivity index (χ0) is 8.97. The van der Waals surface area contributed by atoms with E-state index in [0.29, 0.717) is 0 Å². The van der Waals surface area contributed by atoms with Gasteiger partial charge in [-0.2, -0.15) is 4.39 Å². The first-order chi connectivity index (χ1) is 5.74. The van der Waals surface area contributed by atoms with Gasteiger partial charge >= 0.3 is 5.97 Å². The Balaban J connectivity index is 2.75. The van der Waals surface area contributed by atoms with Gasteiger partial charge in [0.05, 0.1) is 13.5 Å². The van der Waals surface area contributed by atoms with Gasteiger partial charge < -0.3 is 4.74 Å². The smallest absolute Gasteiger partial charge is 0.310 e. The second-order valence-electron chi connectivity index (χ2n) is 2.21. The van der Waals surface area contributed by atoms with E-state index < -0.39 is 11.9 Å². The normalized spacial score (nSPS) is 9.50. The molecule has 0 aromatic carbocycles. The van der Waals surface area contributed by atoms with Crippen molar-refractivity contribution >= 4 is 5.97 Å². The number of aromatic nitrogens is 1. The zero-order valence-electron chi connectivity index (χ0n) is 6.58. The number of hydrogen-bond acceptors (Lipinski definition) is 3. The number of nitrogens with zero attached hydrogens (tertiary/aromatic N) is 1. The van der Waals surface area contributed by atoms with Gasteiger partial charge in [-0.3, -0.25) is 4.79 Å². The van der Waals surface area contributed by atoms with Crippen LogP contribution in [0.25, 0.3) is 0 Å². The van der Waals surface area contributed by atoms with Gasteiger partial charge in [-0.1, -0.05) is 6.07 Å². The second kappa shape index (κ2) is 3.80. The summed E-state index contributed by atoms with van der Waals surface area (Å²) in [4.78, 5) is 14.1. The first kappa shape index (κ1) is 8.64. The fourth-order valence-electron chi connectivity index (χ4n) is 0.779. The van der Waals surface area contributed by atoms with E-state index in [0.717, 1.165) is 0 Å². The third-order valence-electron chi connectivity index (χ3n) is 1.40. The summed E-state index contributed by atoms with van der Waals surface area (Å²) in [6, 6.07) is 3.07. The van der Waals surface area contributed by atoms with E-state index in [1.165, 1.54) is 19.4 Å². The van der Waals surface area contributed by atoms with Crippen LogP contribution in [0.3, 0.4) is 0 Å². The van der Waals surface area contributed by atoms with E-state index in [4.69, 9.17) is 0 Å². The predicted octanol–water partition coefficient (Wildman–Crippen LogP) is 0.936. The molecule has 1 aromatic rings. The van der Waals surface area contributed by atoms with Crippen molar-refractivity contribution < 1.29 is 13.9 Å². The summed E-state index contributed by atoms with van der Waals surface area (Å²) in [5.41, 5.74) is 0.254. The van der Waals surface area contributed by atoms with Crippen molar-refractivity contribution in [2.24, 2.45) is 0 Å². The molecule has 0 radical (unpaired) electrons. The highest BCUT2D eigenvalue weighted by Crippen LogP contribution is 2.04. The maximum atomic E-state index is 12.8. The van der Waals surface area contributed by atoms with Crippen LogP contribution in [-0.4, -0.2) is 18.1 Å². The summed E-state index contributed by atoms with van der Waals surface area (Å²) in [5, 5.41) is 0. The molecule has 0 aliphatic rings. The molecule has 1 rings (SSSR count). The van der Waals surface area contributed by atoms with Gasteiger partial charge in [-0.25, -0.2) is 4.98 Å². The van der Waals surface area contributed by atoms with Gasteiger partial charge in [0.1, 0.15) is 0 Å². The molecule has 3 nitrogen and oxygen atoms in total. The average molecular weight is 169 g/mol. The Hall–Kier alpha value is -1.45. The van der Waals surface area contributed by atoms with Crippen molar-refractivity contribution in [1.29, 1.82) is 0 Å². The average Bonchev–Trinajstić information content (AvgIpc) is 2.09. The second-order valence-corrected chi connectivity index (χ2v) is 2.21. The van der Waals surface area contributed by atoms with E-state index in [9.17, 15) is 9.18 Å². The van der Waals surface area contributed by atoms with Crippen LogP contribution in [-0.2, 0) is 16.0 Å². The van der Waals surface area contributed by atoms with E-state index in [-0.39, 0.29) is 12.0 Å². The lowest BCUT2D eigenvalue weighted by atomic mass is 10.2. The van der Waals surface area contributed by atoms with Crippen LogP contribution in [0.5, 0.6) is 0 Å².